The maximum Gasteiger partial charge on any atom is 0.305 e. The van der Waals surface area contributed by atoms with Gasteiger partial charge in [-0.1, -0.05) is 148 Å². The van der Waals surface area contributed by atoms with Crippen LogP contribution in [-0.2, 0) is 9.53 Å². The van der Waals surface area contributed by atoms with Gasteiger partial charge >= 0.3 is 5.97 Å². The van der Waals surface area contributed by atoms with E-state index in [0.29, 0.717) is 12.6 Å². The van der Waals surface area contributed by atoms with Crippen LogP contribution in [0.15, 0.2) is 0 Å². The molecule has 1 rings (SSSR count). The summed E-state index contributed by atoms with van der Waals surface area (Å²) in [6.07, 6.45) is 37.8. The molecule has 0 N–H and O–H groups in total. The highest BCUT2D eigenvalue weighted by atomic mass is 16.5. The first kappa shape index (κ1) is 37.4. The fourth-order valence-electron chi connectivity index (χ4n) is 6.69. The van der Waals surface area contributed by atoms with Gasteiger partial charge in [0, 0.05) is 6.42 Å². The summed E-state index contributed by atoms with van der Waals surface area (Å²) < 4.78 is 4.70. The Hall–Kier alpha value is -0.610. The second kappa shape index (κ2) is 26.1. The molecule has 0 heterocycles. The predicted molar refractivity (Wildman–Crippen MR) is 175 cm³/mol. The van der Waals surface area contributed by atoms with Gasteiger partial charge in [0.2, 0.25) is 0 Å². The summed E-state index contributed by atoms with van der Waals surface area (Å²) in [5.74, 6) is 2.06. The zero-order valence-corrected chi connectivity index (χ0v) is 28.0. The first-order valence-electron chi connectivity index (χ1n) is 17.8. The van der Waals surface area contributed by atoms with E-state index in [-0.39, 0.29) is 5.97 Å². The molecule has 4 heteroatoms. The smallest absolute Gasteiger partial charge is 0.305 e. The Labute approximate surface area is 251 Å². The first-order valence-corrected chi connectivity index (χ1v) is 17.8. The highest BCUT2D eigenvalue weighted by Crippen LogP contribution is 2.45. The van der Waals surface area contributed by atoms with Crippen molar-refractivity contribution in [1.29, 1.82) is 0 Å². The van der Waals surface area contributed by atoms with Gasteiger partial charge < -0.3 is 4.74 Å². The van der Waals surface area contributed by atoms with E-state index in [1.54, 1.807) is 0 Å². The monoisotopic (exact) mass is 565 g/mol. The fraction of sp³-hybridized carbons (Fsp3) is 0.972. The Morgan fingerprint density at radius 2 is 0.875 bits per heavy atom. The van der Waals surface area contributed by atoms with Gasteiger partial charge in [0.05, 0.1) is 13.3 Å². The van der Waals surface area contributed by atoms with Crippen molar-refractivity contribution >= 4 is 5.97 Å². The van der Waals surface area contributed by atoms with Crippen LogP contribution < -0.4 is 0 Å². The lowest BCUT2D eigenvalue weighted by Gasteiger charge is -2.30. The van der Waals surface area contributed by atoms with E-state index < -0.39 is 0 Å². The van der Waals surface area contributed by atoms with E-state index in [2.05, 4.69) is 38.0 Å². The minimum atomic E-state index is -0.0564. The third kappa shape index (κ3) is 22.0. The summed E-state index contributed by atoms with van der Waals surface area (Å²) in [7, 11) is 10.3. The summed E-state index contributed by atoms with van der Waals surface area (Å²) in [5, 5.41) is 0. The molecular formula is C36H72N2O2. The number of hydrogen-bond donors (Lipinski definition) is 0. The molecule has 0 radical (unpaired) electrons. The minimum Gasteiger partial charge on any atom is -0.469 e. The molecule has 1 fully saturated rings. The molecule has 2 unspecified atom stereocenters. The number of rotatable bonds is 30. The van der Waals surface area contributed by atoms with Crippen molar-refractivity contribution in [2.75, 3.05) is 35.3 Å². The Bertz CT molecular complexity index is 557. The average molecular weight is 565 g/mol. The number of esters is 1. The van der Waals surface area contributed by atoms with Crippen LogP contribution in [0.3, 0.4) is 0 Å². The van der Waals surface area contributed by atoms with Gasteiger partial charge in [-0.3, -0.25) is 14.6 Å². The fourth-order valence-corrected chi connectivity index (χ4v) is 6.69. The van der Waals surface area contributed by atoms with Gasteiger partial charge in [0.15, 0.2) is 0 Å². The third-order valence-corrected chi connectivity index (χ3v) is 9.48. The van der Waals surface area contributed by atoms with Crippen LogP contribution in [0.1, 0.15) is 173 Å². The Kier molecular flexibility index (Phi) is 24.4. The SMILES string of the molecule is COC(=O)CCCCCCCC1CC1CCCCCCCCCCCCCCCCCCCC(N(C)C)N(C)C. The predicted octanol–water partition coefficient (Wildman–Crippen LogP) is 10.4. The molecule has 0 amide bonds. The zero-order chi connectivity index (χ0) is 29.3. The van der Waals surface area contributed by atoms with Crippen molar-refractivity contribution in [3.8, 4) is 0 Å². The molecule has 4 nitrogen and oxygen atoms in total. The maximum absolute atomic E-state index is 11.1. The van der Waals surface area contributed by atoms with Crippen molar-refractivity contribution in [1.82, 2.24) is 9.80 Å². The van der Waals surface area contributed by atoms with Crippen LogP contribution in [0.25, 0.3) is 0 Å². The van der Waals surface area contributed by atoms with Crippen molar-refractivity contribution in [2.45, 2.75) is 180 Å². The lowest BCUT2D eigenvalue weighted by atomic mass is 10.0. The normalized spacial score (nSPS) is 16.9. The molecule has 0 aromatic carbocycles. The van der Waals surface area contributed by atoms with Crippen molar-refractivity contribution < 1.29 is 9.53 Å². The van der Waals surface area contributed by atoms with E-state index in [1.807, 2.05) is 0 Å². The quantitative estimate of drug-likeness (QED) is 0.0493. The summed E-state index contributed by atoms with van der Waals surface area (Å²) >= 11 is 0. The van der Waals surface area contributed by atoms with E-state index in [4.69, 9.17) is 4.74 Å². The molecule has 1 saturated carbocycles. The lowest BCUT2D eigenvalue weighted by molar-refractivity contribution is -0.140. The summed E-state index contributed by atoms with van der Waals surface area (Å²) in [5.41, 5.74) is 0. The molecule has 40 heavy (non-hydrogen) atoms. The number of unbranched alkanes of at least 4 members (excludes halogenated alkanes) is 20. The molecule has 0 aromatic heterocycles. The number of nitrogens with zero attached hydrogens (tertiary/aromatic N) is 2. The summed E-state index contributed by atoms with van der Waals surface area (Å²) in [6, 6.07) is 0. The number of hydrogen-bond acceptors (Lipinski definition) is 4. The molecule has 0 bridgehead atoms. The van der Waals surface area contributed by atoms with Gasteiger partial charge in [0.1, 0.15) is 0 Å². The molecule has 0 saturated heterocycles. The minimum absolute atomic E-state index is 0.0564. The van der Waals surface area contributed by atoms with E-state index in [9.17, 15) is 4.79 Å². The second-order valence-corrected chi connectivity index (χ2v) is 13.6. The molecular weight excluding hydrogens is 492 g/mol. The van der Waals surface area contributed by atoms with Crippen molar-refractivity contribution in [3.63, 3.8) is 0 Å². The summed E-state index contributed by atoms with van der Waals surface area (Å²) in [4.78, 5) is 15.8. The maximum atomic E-state index is 11.1. The van der Waals surface area contributed by atoms with Gasteiger partial charge in [-0.05, 0) is 59.3 Å². The number of methoxy groups -OCH3 is 1. The largest absolute Gasteiger partial charge is 0.469 e. The third-order valence-electron chi connectivity index (χ3n) is 9.48. The molecule has 1 aliphatic rings. The zero-order valence-electron chi connectivity index (χ0n) is 28.0. The van der Waals surface area contributed by atoms with Crippen LogP contribution in [-0.4, -0.2) is 57.2 Å². The second-order valence-electron chi connectivity index (χ2n) is 13.6. The Morgan fingerprint density at radius 1 is 0.550 bits per heavy atom. The standard InChI is InChI=1S/C36H72N2O2/c1-37(2)35(38(3)4)30-26-22-18-16-14-12-10-8-6-7-9-11-13-15-17-20-24-28-33-32-34(33)29-25-21-19-23-27-31-36(39)40-5/h33-35H,6-32H2,1-5H3. The van der Waals surface area contributed by atoms with Crippen LogP contribution in [0.2, 0.25) is 0 Å². The molecule has 2 atom stereocenters. The van der Waals surface area contributed by atoms with Crippen LogP contribution in [0, 0.1) is 11.8 Å². The van der Waals surface area contributed by atoms with Gasteiger partial charge in [-0.2, -0.15) is 0 Å². The molecule has 1 aliphatic carbocycles. The number of carbonyl (C=O) groups is 1. The van der Waals surface area contributed by atoms with E-state index in [1.165, 1.54) is 168 Å². The average Bonchev–Trinajstić information content (AvgIpc) is 3.68. The van der Waals surface area contributed by atoms with Gasteiger partial charge in [-0.15, -0.1) is 0 Å². The molecule has 0 aliphatic heterocycles. The molecule has 0 aromatic rings. The highest BCUT2D eigenvalue weighted by molar-refractivity contribution is 5.68. The van der Waals surface area contributed by atoms with Gasteiger partial charge in [-0.25, -0.2) is 0 Å². The Balaban J connectivity index is 1.71. The van der Waals surface area contributed by atoms with Crippen LogP contribution >= 0.6 is 0 Å². The highest BCUT2D eigenvalue weighted by Gasteiger charge is 2.35. The van der Waals surface area contributed by atoms with Crippen molar-refractivity contribution in [2.24, 2.45) is 11.8 Å². The first-order chi connectivity index (χ1) is 19.5. The summed E-state index contributed by atoms with van der Waals surface area (Å²) in [6.45, 7) is 0. The van der Waals surface area contributed by atoms with Crippen LogP contribution in [0.4, 0.5) is 0 Å². The van der Waals surface area contributed by atoms with E-state index in [0.717, 1.165) is 18.3 Å². The van der Waals surface area contributed by atoms with Gasteiger partial charge in [0.25, 0.3) is 0 Å². The van der Waals surface area contributed by atoms with Crippen LogP contribution in [0.5, 0.6) is 0 Å². The van der Waals surface area contributed by atoms with Crippen molar-refractivity contribution in [3.05, 3.63) is 0 Å². The molecule has 238 valence electrons. The number of ether oxygens (including phenoxy) is 1. The lowest BCUT2D eigenvalue weighted by Crippen LogP contribution is -2.40. The van der Waals surface area contributed by atoms with E-state index >= 15 is 0 Å². The number of carbonyl (C=O) groups excluding carboxylic acids is 1. The topological polar surface area (TPSA) is 32.8 Å². The Morgan fingerprint density at radius 3 is 1.23 bits per heavy atom. The molecule has 0 spiro atoms.